The molecule has 2 nitrogen and oxygen atoms in total. The van der Waals surface area contributed by atoms with E-state index in [0.29, 0.717) is 10.5 Å². The number of carbonyl (C=O) groups excluding carboxylic acids is 1. The summed E-state index contributed by atoms with van der Waals surface area (Å²) in [7, 11) is 0. The van der Waals surface area contributed by atoms with Crippen LogP contribution in [0.1, 0.15) is 56.3 Å². The number of carbonyl (C=O) groups is 1. The molecule has 0 N–H and O–H groups in total. The number of unbranched alkanes of at least 4 members (excludes halogenated alkanes) is 2. The Kier molecular flexibility index (Phi) is 8.70. The molecule has 1 aromatic carbocycles. The first-order valence-electron chi connectivity index (χ1n) is 8.58. The third-order valence-electron chi connectivity index (χ3n) is 4.00. The second-order valence-corrected chi connectivity index (χ2v) is 22.6. The Bertz CT molecular complexity index is 436. The van der Waals surface area contributed by atoms with Gasteiger partial charge in [-0.05, 0) is 0 Å². The zero-order valence-corrected chi connectivity index (χ0v) is 17.7. The van der Waals surface area contributed by atoms with E-state index in [9.17, 15) is 4.79 Å². The van der Waals surface area contributed by atoms with Crippen LogP contribution in [0.2, 0.25) is 14.8 Å². The molecule has 124 valence electrons. The summed E-state index contributed by atoms with van der Waals surface area (Å²) in [6.07, 6.45) is 5.42. The van der Waals surface area contributed by atoms with Gasteiger partial charge >= 0.3 is 141 Å². The summed E-state index contributed by atoms with van der Waals surface area (Å²) in [5, 5.41) is 0. The molecule has 0 aliphatic rings. The van der Waals surface area contributed by atoms with Crippen LogP contribution in [0.3, 0.4) is 0 Å². The fourth-order valence-corrected chi connectivity index (χ4v) is 7.50. The molecule has 3 heteroatoms. The van der Waals surface area contributed by atoms with Crippen LogP contribution in [0.4, 0.5) is 0 Å². The van der Waals surface area contributed by atoms with Crippen LogP contribution >= 0.6 is 0 Å². The van der Waals surface area contributed by atoms with Gasteiger partial charge in [-0.1, -0.05) is 0 Å². The maximum atomic E-state index is 12.3. The van der Waals surface area contributed by atoms with Crippen LogP contribution < -0.4 is 0 Å². The molecule has 0 spiro atoms. The molecule has 0 saturated heterocycles. The number of rotatable bonds is 10. The van der Waals surface area contributed by atoms with Gasteiger partial charge in [0.1, 0.15) is 0 Å². The molecule has 2 atom stereocenters. The van der Waals surface area contributed by atoms with E-state index < -0.39 is 18.4 Å². The van der Waals surface area contributed by atoms with Crippen molar-refractivity contribution in [3.63, 3.8) is 0 Å². The summed E-state index contributed by atoms with van der Waals surface area (Å²) in [4.78, 5) is 19.6. The minimum atomic E-state index is -2.12. The zero-order chi connectivity index (χ0) is 16.6. The second-order valence-electron chi connectivity index (χ2n) is 7.29. The van der Waals surface area contributed by atoms with Gasteiger partial charge in [0.15, 0.2) is 0 Å². The molecule has 0 amide bonds. The van der Waals surface area contributed by atoms with Gasteiger partial charge in [-0.25, -0.2) is 0 Å². The number of Topliss-reactive ketones (excluding diaryl/α,β-unsaturated/α-hetero) is 1. The second kappa shape index (κ2) is 9.71. The Balaban J connectivity index is 2.55. The Labute approximate surface area is 140 Å². The fourth-order valence-electron chi connectivity index (χ4n) is 2.62. The van der Waals surface area contributed by atoms with Gasteiger partial charge in [0.2, 0.25) is 0 Å². The van der Waals surface area contributed by atoms with Gasteiger partial charge in [0.05, 0.1) is 0 Å². The first kappa shape index (κ1) is 19.7. The maximum absolute atomic E-state index is 12.3. The van der Waals surface area contributed by atoms with Gasteiger partial charge in [0.25, 0.3) is 0 Å². The standard InChI is InChI=1S/C16H23O2.3CH3.Sn/c1-3-4-5-9-12-18-14(2)13-16(17)15-10-7-6-8-11-15;;;;/h6-8,10-12,14H,3-5,9,13H2,1-2H3;3*1H3;. The summed E-state index contributed by atoms with van der Waals surface area (Å²) in [5.41, 5.74) is 0.791. The van der Waals surface area contributed by atoms with Crippen molar-refractivity contribution in [3.8, 4) is 0 Å². The third-order valence-corrected chi connectivity index (χ3v) is 10.7. The van der Waals surface area contributed by atoms with Crippen LogP contribution in [0.15, 0.2) is 30.3 Å². The third kappa shape index (κ3) is 7.27. The van der Waals surface area contributed by atoms with E-state index in [1.807, 2.05) is 37.3 Å². The molecule has 0 aromatic heterocycles. The van der Waals surface area contributed by atoms with Crippen molar-refractivity contribution in [2.24, 2.45) is 0 Å². The van der Waals surface area contributed by atoms with Crippen LogP contribution in [0.25, 0.3) is 0 Å². The van der Waals surface area contributed by atoms with Crippen molar-refractivity contribution < 1.29 is 9.53 Å². The quantitative estimate of drug-likeness (QED) is 0.289. The molecule has 0 radical (unpaired) electrons. The molecular weight excluding hydrogens is 379 g/mol. The molecule has 22 heavy (non-hydrogen) atoms. The molecule has 0 bridgehead atoms. The average molecular weight is 411 g/mol. The predicted octanol–water partition coefficient (Wildman–Crippen LogP) is 5.49. The van der Waals surface area contributed by atoms with Gasteiger partial charge in [-0.15, -0.1) is 0 Å². The molecule has 1 rings (SSSR count). The number of ketones is 1. The van der Waals surface area contributed by atoms with Crippen LogP contribution in [-0.2, 0) is 4.74 Å². The zero-order valence-electron chi connectivity index (χ0n) is 14.9. The van der Waals surface area contributed by atoms with Gasteiger partial charge < -0.3 is 0 Å². The summed E-state index contributed by atoms with van der Waals surface area (Å²) >= 11 is -2.12. The molecule has 0 fully saturated rings. The number of ether oxygens (including phenoxy) is 1. The van der Waals surface area contributed by atoms with Crippen molar-refractivity contribution in [2.45, 2.75) is 71.0 Å². The predicted molar refractivity (Wildman–Crippen MR) is 97.2 cm³/mol. The molecule has 1 aromatic rings. The van der Waals surface area contributed by atoms with E-state index in [-0.39, 0.29) is 11.9 Å². The molecule has 0 heterocycles. The van der Waals surface area contributed by atoms with Gasteiger partial charge in [0, 0.05) is 0 Å². The van der Waals surface area contributed by atoms with E-state index in [2.05, 4.69) is 21.7 Å². The Hall–Kier alpha value is -0.351. The van der Waals surface area contributed by atoms with E-state index >= 15 is 0 Å². The molecule has 0 aliphatic carbocycles. The topological polar surface area (TPSA) is 26.3 Å². The first-order valence-corrected chi connectivity index (χ1v) is 18.8. The minimum absolute atomic E-state index is 0.00950. The summed E-state index contributed by atoms with van der Waals surface area (Å²) in [6, 6.07) is 9.54. The Morgan fingerprint density at radius 1 is 1.14 bits per heavy atom. The summed E-state index contributed by atoms with van der Waals surface area (Å²) < 4.78 is 6.74. The van der Waals surface area contributed by atoms with Crippen molar-refractivity contribution >= 4 is 24.2 Å². The Morgan fingerprint density at radius 3 is 2.32 bits per heavy atom. The summed E-state index contributed by atoms with van der Waals surface area (Å²) in [6.45, 7) is 4.28. The van der Waals surface area contributed by atoms with Crippen LogP contribution in [0, 0.1) is 0 Å². The fraction of sp³-hybridized carbons (Fsp3) is 0.632. The van der Waals surface area contributed by atoms with Crippen molar-refractivity contribution in [1.82, 2.24) is 0 Å². The van der Waals surface area contributed by atoms with E-state index in [1.54, 1.807) is 0 Å². The van der Waals surface area contributed by atoms with E-state index in [0.717, 1.165) is 12.0 Å². The normalized spacial score (nSPS) is 14.6. The molecule has 0 aliphatic heterocycles. The molecule has 2 unspecified atom stereocenters. The molecule has 0 saturated carbocycles. The van der Waals surface area contributed by atoms with Crippen molar-refractivity contribution in [1.29, 1.82) is 0 Å². The van der Waals surface area contributed by atoms with E-state index in [4.69, 9.17) is 4.74 Å². The SMILES string of the molecule is CCCCC[CH](OC(C)CC(=O)c1ccccc1)[Sn]([CH3])([CH3])[CH3]. The Morgan fingerprint density at radius 2 is 1.77 bits per heavy atom. The van der Waals surface area contributed by atoms with Crippen LogP contribution in [-0.4, -0.2) is 34.4 Å². The average Bonchev–Trinajstić information content (AvgIpc) is 2.46. The van der Waals surface area contributed by atoms with Gasteiger partial charge in [-0.3, -0.25) is 0 Å². The summed E-state index contributed by atoms with van der Waals surface area (Å²) in [5.74, 6) is 0.185. The van der Waals surface area contributed by atoms with Crippen molar-refractivity contribution in [3.05, 3.63) is 35.9 Å². The van der Waals surface area contributed by atoms with E-state index in [1.165, 1.54) is 19.3 Å². The number of hydrogen-bond acceptors (Lipinski definition) is 2. The number of hydrogen-bond donors (Lipinski definition) is 0. The van der Waals surface area contributed by atoms with Crippen LogP contribution in [0.5, 0.6) is 0 Å². The van der Waals surface area contributed by atoms with Crippen molar-refractivity contribution in [2.75, 3.05) is 0 Å². The molecular formula is C19H32O2Sn. The monoisotopic (exact) mass is 412 g/mol. The first-order chi connectivity index (χ1) is 10.3. The number of benzene rings is 1. The van der Waals surface area contributed by atoms with Gasteiger partial charge in [-0.2, -0.15) is 0 Å².